The fraction of sp³-hybridized carbons (Fsp3) is 0.462. The summed E-state index contributed by atoms with van der Waals surface area (Å²) in [6.07, 6.45) is -0.216. The number of ether oxygens (including phenoxy) is 1. The third-order valence-corrected chi connectivity index (χ3v) is 2.87. The van der Waals surface area contributed by atoms with E-state index >= 15 is 0 Å². The molecule has 0 spiro atoms. The molecule has 0 saturated heterocycles. The average molecular weight is 256 g/mol. The summed E-state index contributed by atoms with van der Waals surface area (Å²) < 4.78 is 5.35. The molecule has 1 rings (SSSR count). The molecular weight excluding hydrogens is 238 g/mol. The number of methoxy groups -OCH3 is 1. The number of hydrogen-bond acceptors (Lipinski definition) is 2. The van der Waals surface area contributed by atoms with Crippen LogP contribution in [0.5, 0.6) is 0 Å². The fourth-order valence-corrected chi connectivity index (χ4v) is 1.71. The molecule has 1 atom stereocenters. The van der Waals surface area contributed by atoms with Crippen molar-refractivity contribution in [2.24, 2.45) is 5.92 Å². The number of benzene rings is 1. The van der Waals surface area contributed by atoms with E-state index in [1.165, 1.54) is 0 Å². The zero-order valence-electron chi connectivity index (χ0n) is 10.4. The van der Waals surface area contributed by atoms with Crippen molar-refractivity contribution in [1.29, 1.82) is 0 Å². The molecule has 1 amide bonds. The summed E-state index contributed by atoms with van der Waals surface area (Å²) in [7, 11) is 1.61. The van der Waals surface area contributed by atoms with E-state index in [1.54, 1.807) is 7.11 Å². The topological polar surface area (TPSA) is 38.3 Å². The van der Waals surface area contributed by atoms with Crippen molar-refractivity contribution in [3.63, 3.8) is 0 Å². The zero-order valence-corrected chi connectivity index (χ0v) is 11.1. The number of amides is 1. The summed E-state index contributed by atoms with van der Waals surface area (Å²) in [6.45, 7) is 4.14. The third-order valence-electron chi connectivity index (χ3n) is 2.52. The number of rotatable bonds is 5. The first-order chi connectivity index (χ1) is 8.06. The highest BCUT2D eigenvalue weighted by molar-refractivity contribution is 6.31. The lowest BCUT2D eigenvalue weighted by molar-refractivity contribution is -0.124. The lowest BCUT2D eigenvalue weighted by Crippen LogP contribution is -2.32. The van der Waals surface area contributed by atoms with Gasteiger partial charge in [-0.3, -0.25) is 4.79 Å². The number of carbonyl (C=O) groups excluding carboxylic acids is 1. The van der Waals surface area contributed by atoms with E-state index in [4.69, 9.17) is 16.3 Å². The molecule has 0 fully saturated rings. The van der Waals surface area contributed by atoms with Gasteiger partial charge in [0.15, 0.2) is 0 Å². The molecule has 0 aliphatic carbocycles. The summed E-state index contributed by atoms with van der Waals surface area (Å²) in [5.74, 6) is -0.0159. The van der Waals surface area contributed by atoms with Gasteiger partial charge < -0.3 is 10.1 Å². The first-order valence-corrected chi connectivity index (χ1v) is 5.99. The summed E-state index contributed by atoms with van der Waals surface area (Å²) in [5, 5.41) is 3.49. The average Bonchev–Trinajstić information content (AvgIpc) is 2.31. The van der Waals surface area contributed by atoms with E-state index in [2.05, 4.69) is 5.32 Å². The highest BCUT2D eigenvalue weighted by Crippen LogP contribution is 2.24. The minimum atomic E-state index is -0.216. The minimum absolute atomic E-state index is 0.0131. The largest absolute Gasteiger partial charge is 0.375 e. The summed E-state index contributed by atoms with van der Waals surface area (Å²) in [4.78, 5) is 11.5. The molecule has 1 aromatic rings. The molecule has 4 heteroatoms. The first-order valence-electron chi connectivity index (χ1n) is 5.61. The Morgan fingerprint density at radius 2 is 2.06 bits per heavy atom. The van der Waals surface area contributed by atoms with Crippen LogP contribution in [-0.2, 0) is 9.53 Å². The zero-order chi connectivity index (χ0) is 12.8. The Kier molecular flexibility index (Phi) is 5.45. The lowest BCUT2D eigenvalue weighted by atomic mass is 10.1. The van der Waals surface area contributed by atoms with Gasteiger partial charge in [0.25, 0.3) is 0 Å². The predicted molar refractivity (Wildman–Crippen MR) is 69.0 cm³/mol. The Bertz CT molecular complexity index is 379. The van der Waals surface area contributed by atoms with Gasteiger partial charge in [-0.2, -0.15) is 0 Å². The van der Waals surface area contributed by atoms with Crippen molar-refractivity contribution < 1.29 is 9.53 Å². The van der Waals surface area contributed by atoms with Crippen LogP contribution in [-0.4, -0.2) is 19.6 Å². The standard InChI is InChI=1S/C13H18ClNO2/c1-9(2)13(16)15-8-12(17-3)10-6-4-5-7-11(10)14/h4-7,9,12H,8H2,1-3H3,(H,15,16). The minimum Gasteiger partial charge on any atom is -0.375 e. The molecular formula is C13H18ClNO2. The molecule has 0 heterocycles. The maximum absolute atomic E-state index is 11.5. The first kappa shape index (κ1) is 14.0. The Morgan fingerprint density at radius 3 is 2.59 bits per heavy atom. The van der Waals surface area contributed by atoms with E-state index in [1.807, 2.05) is 38.1 Å². The van der Waals surface area contributed by atoms with Crippen LogP contribution in [0.1, 0.15) is 25.5 Å². The van der Waals surface area contributed by atoms with Crippen LogP contribution in [0.2, 0.25) is 5.02 Å². The van der Waals surface area contributed by atoms with Gasteiger partial charge in [-0.05, 0) is 6.07 Å². The molecule has 0 aromatic heterocycles. The Labute approximate surface area is 107 Å². The fourth-order valence-electron chi connectivity index (χ4n) is 1.45. The second-order valence-electron chi connectivity index (χ2n) is 4.15. The van der Waals surface area contributed by atoms with Crippen LogP contribution in [0, 0.1) is 5.92 Å². The van der Waals surface area contributed by atoms with Crippen molar-refractivity contribution >= 4 is 17.5 Å². The molecule has 3 nitrogen and oxygen atoms in total. The van der Waals surface area contributed by atoms with Crippen LogP contribution >= 0.6 is 11.6 Å². The number of halogens is 1. The highest BCUT2D eigenvalue weighted by Gasteiger charge is 2.15. The van der Waals surface area contributed by atoms with E-state index in [9.17, 15) is 4.79 Å². The third kappa shape index (κ3) is 4.02. The monoisotopic (exact) mass is 255 g/mol. The predicted octanol–water partition coefficient (Wildman–Crippen LogP) is 2.80. The van der Waals surface area contributed by atoms with Crippen molar-refractivity contribution in [1.82, 2.24) is 5.32 Å². The van der Waals surface area contributed by atoms with Crippen molar-refractivity contribution in [2.45, 2.75) is 20.0 Å². The second kappa shape index (κ2) is 6.62. The molecule has 0 radical (unpaired) electrons. The molecule has 1 N–H and O–H groups in total. The Hall–Kier alpha value is -1.06. The highest BCUT2D eigenvalue weighted by atomic mass is 35.5. The molecule has 94 valence electrons. The SMILES string of the molecule is COC(CNC(=O)C(C)C)c1ccccc1Cl. The van der Waals surface area contributed by atoms with Crippen molar-refractivity contribution in [2.75, 3.05) is 13.7 Å². The van der Waals surface area contributed by atoms with E-state index < -0.39 is 0 Å². The Balaban J connectivity index is 2.67. The van der Waals surface area contributed by atoms with Crippen LogP contribution in [0.4, 0.5) is 0 Å². The lowest BCUT2D eigenvalue weighted by Gasteiger charge is -2.18. The molecule has 0 saturated carbocycles. The maximum Gasteiger partial charge on any atom is 0.222 e. The van der Waals surface area contributed by atoms with Crippen LogP contribution in [0.15, 0.2) is 24.3 Å². The van der Waals surface area contributed by atoms with E-state index in [0.29, 0.717) is 11.6 Å². The summed E-state index contributed by atoms with van der Waals surface area (Å²) in [5.41, 5.74) is 0.890. The number of nitrogens with one attached hydrogen (secondary N) is 1. The summed E-state index contributed by atoms with van der Waals surface area (Å²) in [6, 6.07) is 7.48. The van der Waals surface area contributed by atoms with E-state index in [0.717, 1.165) is 5.56 Å². The number of hydrogen-bond donors (Lipinski definition) is 1. The molecule has 0 bridgehead atoms. The van der Waals surface area contributed by atoms with Crippen LogP contribution in [0.3, 0.4) is 0 Å². The maximum atomic E-state index is 11.5. The summed E-state index contributed by atoms with van der Waals surface area (Å²) >= 11 is 6.08. The van der Waals surface area contributed by atoms with Crippen LogP contribution in [0.25, 0.3) is 0 Å². The number of carbonyl (C=O) groups is 1. The van der Waals surface area contributed by atoms with Gasteiger partial charge in [0.1, 0.15) is 6.10 Å². The van der Waals surface area contributed by atoms with Gasteiger partial charge >= 0.3 is 0 Å². The van der Waals surface area contributed by atoms with Gasteiger partial charge in [-0.15, -0.1) is 0 Å². The van der Waals surface area contributed by atoms with E-state index in [-0.39, 0.29) is 17.9 Å². The van der Waals surface area contributed by atoms with Gasteiger partial charge in [-0.1, -0.05) is 43.6 Å². The van der Waals surface area contributed by atoms with Gasteiger partial charge in [0.2, 0.25) is 5.91 Å². The van der Waals surface area contributed by atoms with Gasteiger partial charge in [0.05, 0.1) is 0 Å². The molecule has 0 aliphatic rings. The molecule has 0 aliphatic heterocycles. The Morgan fingerprint density at radius 1 is 1.41 bits per heavy atom. The van der Waals surface area contributed by atoms with Crippen LogP contribution < -0.4 is 5.32 Å². The quantitative estimate of drug-likeness (QED) is 0.879. The molecule has 1 unspecified atom stereocenters. The normalized spacial score (nSPS) is 12.5. The van der Waals surface area contributed by atoms with Gasteiger partial charge in [0, 0.05) is 30.2 Å². The molecule has 17 heavy (non-hydrogen) atoms. The van der Waals surface area contributed by atoms with Crippen molar-refractivity contribution in [3.8, 4) is 0 Å². The second-order valence-corrected chi connectivity index (χ2v) is 4.55. The van der Waals surface area contributed by atoms with Gasteiger partial charge in [-0.25, -0.2) is 0 Å². The smallest absolute Gasteiger partial charge is 0.222 e. The van der Waals surface area contributed by atoms with Crippen molar-refractivity contribution in [3.05, 3.63) is 34.9 Å². The molecule has 1 aromatic carbocycles.